The number of nitrogens with zero attached hydrogens (tertiary/aromatic N) is 1. The van der Waals surface area contributed by atoms with Crippen molar-refractivity contribution in [1.82, 2.24) is 4.90 Å². The topological polar surface area (TPSA) is 46.3 Å². The van der Waals surface area contributed by atoms with Crippen LogP contribution < -0.4 is 5.73 Å². The van der Waals surface area contributed by atoms with Gasteiger partial charge in [-0.2, -0.15) is 0 Å². The molecule has 2 aromatic carbocycles. The zero-order valence-corrected chi connectivity index (χ0v) is 12.4. The van der Waals surface area contributed by atoms with E-state index in [9.17, 15) is 4.79 Å². The van der Waals surface area contributed by atoms with Crippen LogP contribution in [0.3, 0.4) is 0 Å². The fourth-order valence-electron chi connectivity index (χ4n) is 2.89. The standard InChI is InChI=1S/C19H18N2O/c1-21-13-12-16(14-8-4-2-5-9-14)17(19(20)22)18(21)15-10-6-3-7-11-15/h2-13,16H,1H3,(H2,20,22). The Hall–Kier alpha value is -2.81. The molecule has 0 spiro atoms. The molecular formula is C19H18N2O. The Kier molecular flexibility index (Phi) is 3.79. The third-order valence-corrected chi connectivity index (χ3v) is 3.89. The zero-order chi connectivity index (χ0) is 15.5. The normalized spacial score (nSPS) is 17.7. The maximum absolute atomic E-state index is 12.2. The minimum absolute atomic E-state index is 0.120. The predicted molar refractivity (Wildman–Crippen MR) is 88.6 cm³/mol. The molecule has 1 heterocycles. The first-order valence-corrected chi connectivity index (χ1v) is 7.24. The SMILES string of the molecule is CN1C=CC(c2ccccc2)C(C(N)=O)=C1c1ccccc1. The first-order valence-electron chi connectivity index (χ1n) is 7.24. The zero-order valence-electron chi connectivity index (χ0n) is 12.4. The van der Waals surface area contributed by atoms with Crippen LogP contribution in [0.5, 0.6) is 0 Å². The number of hydrogen-bond donors (Lipinski definition) is 1. The highest BCUT2D eigenvalue weighted by atomic mass is 16.1. The van der Waals surface area contributed by atoms with Crippen LogP contribution >= 0.6 is 0 Å². The van der Waals surface area contributed by atoms with Crippen LogP contribution in [0.15, 0.2) is 78.5 Å². The van der Waals surface area contributed by atoms with Gasteiger partial charge in [0.25, 0.3) is 0 Å². The van der Waals surface area contributed by atoms with Gasteiger partial charge in [-0.3, -0.25) is 4.79 Å². The van der Waals surface area contributed by atoms with Crippen LogP contribution in [0.1, 0.15) is 17.0 Å². The van der Waals surface area contributed by atoms with Crippen molar-refractivity contribution >= 4 is 11.6 Å². The van der Waals surface area contributed by atoms with Gasteiger partial charge in [0.2, 0.25) is 5.91 Å². The van der Waals surface area contributed by atoms with Crippen molar-refractivity contribution in [2.24, 2.45) is 5.73 Å². The van der Waals surface area contributed by atoms with E-state index in [0.717, 1.165) is 16.8 Å². The Bertz CT molecular complexity index is 733. The summed E-state index contributed by atoms with van der Waals surface area (Å²) in [6.45, 7) is 0. The molecule has 2 aromatic rings. The van der Waals surface area contributed by atoms with Gasteiger partial charge < -0.3 is 10.6 Å². The van der Waals surface area contributed by atoms with E-state index in [4.69, 9.17) is 5.73 Å². The number of allylic oxidation sites excluding steroid dienone is 1. The lowest BCUT2D eigenvalue weighted by molar-refractivity contribution is -0.114. The van der Waals surface area contributed by atoms with Crippen LogP contribution in [-0.4, -0.2) is 17.9 Å². The minimum Gasteiger partial charge on any atom is -0.366 e. The Morgan fingerprint density at radius 1 is 1.00 bits per heavy atom. The third-order valence-electron chi connectivity index (χ3n) is 3.89. The van der Waals surface area contributed by atoms with Gasteiger partial charge in [0.1, 0.15) is 0 Å². The third kappa shape index (κ3) is 2.53. The number of rotatable bonds is 3. The molecule has 0 aromatic heterocycles. The van der Waals surface area contributed by atoms with Crippen LogP contribution in [-0.2, 0) is 4.79 Å². The minimum atomic E-state index is -0.385. The van der Waals surface area contributed by atoms with E-state index in [-0.39, 0.29) is 11.8 Å². The van der Waals surface area contributed by atoms with Crippen molar-refractivity contribution in [2.75, 3.05) is 7.05 Å². The fraction of sp³-hybridized carbons (Fsp3) is 0.105. The van der Waals surface area contributed by atoms with Crippen molar-refractivity contribution in [1.29, 1.82) is 0 Å². The summed E-state index contributed by atoms with van der Waals surface area (Å²) >= 11 is 0. The fourth-order valence-corrected chi connectivity index (χ4v) is 2.89. The highest BCUT2D eigenvalue weighted by molar-refractivity contribution is 6.02. The summed E-state index contributed by atoms with van der Waals surface area (Å²) < 4.78 is 0. The summed E-state index contributed by atoms with van der Waals surface area (Å²) in [7, 11) is 1.93. The lowest BCUT2D eigenvalue weighted by Gasteiger charge is -2.30. The summed E-state index contributed by atoms with van der Waals surface area (Å²) in [4.78, 5) is 14.1. The van der Waals surface area contributed by atoms with Crippen LogP contribution in [0.4, 0.5) is 0 Å². The summed E-state index contributed by atoms with van der Waals surface area (Å²) in [6.07, 6.45) is 4.01. The maximum Gasteiger partial charge on any atom is 0.247 e. The molecule has 110 valence electrons. The van der Waals surface area contributed by atoms with Crippen molar-refractivity contribution in [3.05, 3.63) is 89.6 Å². The van der Waals surface area contributed by atoms with E-state index in [2.05, 4.69) is 0 Å². The van der Waals surface area contributed by atoms with Gasteiger partial charge in [0.15, 0.2) is 0 Å². The van der Waals surface area contributed by atoms with Crippen molar-refractivity contribution in [2.45, 2.75) is 5.92 Å². The largest absolute Gasteiger partial charge is 0.366 e. The monoisotopic (exact) mass is 290 g/mol. The van der Waals surface area contributed by atoms with E-state index in [1.165, 1.54) is 0 Å². The van der Waals surface area contributed by atoms with E-state index in [1.54, 1.807) is 0 Å². The highest BCUT2D eigenvalue weighted by Crippen LogP contribution is 2.36. The quantitative estimate of drug-likeness (QED) is 0.944. The molecule has 1 aliphatic rings. The van der Waals surface area contributed by atoms with Crippen LogP contribution in [0.25, 0.3) is 5.70 Å². The molecule has 0 aliphatic carbocycles. The number of hydrogen-bond acceptors (Lipinski definition) is 2. The van der Waals surface area contributed by atoms with Crippen molar-refractivity contribution in [3.8, 4) is 0 Å². The molecule has 1 amide bonds. The van der Waals surface area contributed by atoms with Gasteiger partial charge in [-0.05, 0) is 11.1 Å². The molecule has 0 radical (unpaired) electrons. The number of amides is 1. The smallest absolute Gasteiger partial charge is 0.247 e. The van der Waals surface area contributed by atoms with Gasteiger partial charge in [0.05, 0.1) is 11.3 Å². The first kappa shape index (κ1) is 14.1. The van der Waals surface area contributed by atoms with Crippen LogP contribution in [0.2, 0.25) is 0 Å². The number of benzene rings is 2. The molecule has 3 rings (SSSR count). The van der Waals surface area contributed by atoms with E-state index in [0.29, 0.717) is 5.57 Å². The second kappa shape index (κ2) is 5.90. The van der Waals surface area contributed by atoms with Gasteiger partial charge in [-0.1, -0.05) is 66.7 Å². The molecule has 0 bridgehead atoms. The Morgan fingerprint density at radius 2 is 1.59 bits per heavy atom. The number of primary amides is 1. The second-order valence-corrected chi connectivity index (χ2v) is 5.33. The summed E-state index contributed by atoms with van der Waals surface area (Å²) in [6, 6.07) is 19.8. The molecule has 1 unspecified atom stereocenters. The number of nitrogens with two attached hydrogens (primary N) is 1. The van der Waals surface area contributed by atoms with Gasteiger partial charge in [0, 0.05) is 19.2 Å². The van der Waals surface area contributed by atoms with E-state index < -0.39 is 0 Å². The molecule has 1 aliphatic heterocycles. The average molecular weight is 290 g/mol. The molecule has 1 atom stereocenters. The van der Waals surface area contributed by atoms with E-state index >= 15 is 0 Å². The second-order valence-electron chi connectivity index (χ2n) is 5.33. The highest BCUT2D eigenvalue weighted by Gasteiger charge is 2.28. The van der Waals surface area contributed by atoms with E-state index in [1.807, 2.05) is 84.9 Å². The lowest BCUT2D eigenvalue weighted by atomic mass is 9.85. The predicted octanol–water partition coefficient (Wildman–Crippen LogP) is 3.13. The molecule has 2 N–H and O–H groups in total. The Labute approximate surface area is 130 Å². The van der Waals surface area contributed by atoms with Gasteiger partial charge >= 0.3 is 0 Å². The van der Waals surface area contributed by atoms with Gasteiger partial charge in [-0.25, -0.2) is 0 Å². The van der Waals surface area contributed by atoms with Gasteiger partial charge in [-0.15, -0.1) is 0 Å². The maximum atomic E-state index is 12.2. The molecule has 3 heteroatoms. The average Bonchev–Trinajstić information content (AvgIpc) is 2.56. The van der Waals surface area contributed by atoms with Crippen LogP contribution in [0, 0.1) is 0 Å². The summed E-state index contributed by atoms with van der Waals surface area (Å²) in [5.74, 6) is -0.506. The first-order chi connectivity index (χ1) is 10.7. The molecule has 22 heavy (non-hydrogen) atoms. The lowest BCUT2D eigenvalue weighted by Crippen LogP contribution is -2.27. The Morgan fingerprint density at radius 3 is 2.18 bits per heavy atom. The summed E-state index contributed by atoms with van der Waals surface area (Å²) in [5.41, 5.74) is 9.27. The van der Waals surface area contributed by atoms with Crippen molar-refractivity contribution < 1.29 is 4.79 Å². The summed E-state index contributed by atoms with van der Waals surface area (Å²) in [5, 5.41) is 0. The number of carbonyl (C=O) groups excluding carboxylic acids is 1. The number of carbonyl (C=O) groups is 1. The molecule has 0 fully saturated rings. The van der Waals surface area contributed by atoms with Crippen molar-refractivity contribution in [3.63, 3.8) is 0 Å². The molecule has 3 nitrogen and oxygen atoms in total. The Balaban J connectivity index is 2.19. The molecule has 0 saturated carbocycles. The molecule has 0 saturated heterocycles. The molecular weight excluding hydrogens is 272 g/mol.